The summed E-state index contributed by atoms with van der Waals surface area (Å²) in [6.45, 7) is 4.49. The Bertz CT molecular complexity index is 214. The van der Waals surface area contributed by atoms with E-state index in [1.807, 2.05) is 16.8 Å². The second kappa shape index (κ2) is 3.06. The standard InChI is InChI=1S/C7H11N3/c1-2-3-5-10-6-4-9-7(10)8/h2,4,6H,1,3,5H2,(H2,8,9). The van der Waals surface area contributed by atoms with Gasteiger partial charge in [-0.2, -0.15) is 0 Å². The molecule has 1 aromatic rings. The average molecular weight is 137 g/mol. The van der Waals surface area contributed by atoms with E-state index in [9.17, 15) is 0 Å². The van der Waals surface area contributed by atoms with Gasteiger partial charge in [-0.15, -0.1) is 6.58 Å². The number of hydrogen-bond acceptors (Lipinski definition) is 2. The smallest absolute Gasteiger partial charge is 0.200 e. The lowest BCUT2D eigenvalue weighted by Crippen LogP contribution is -2.01. The van der Waals surface area contributed by atoms with Crippen molar-refractivity contribution >= 4 is 5.95 Å². The molecule has 0 spiro atoms. The summed E-state index contributed by atoms with van der Waals surface area (Å²) in [4.78, 5) is 3.88. The molecule has 0 saturated carbocycles. The molecule has 3 heteroatoms. The minimum absolute atomic E-state index is 0.571. The fourth-order valence-corrected chi connectivity index (χ4v) is 0.760. The van der Waals surface area contributed by atoms with Crippen molar-refractivity contribution in [3.63, 3.8) is 0 Å². The van der Waals surface area contributed by atoms with Crippen LogP contribution in [0.15, 0.2) is 25.0 Å². The number of aryl methyl sites for hydroxylation is 1. The van der Waals surface area contributed by atoms with Crippen LogP contribution >= 0.6 is 0 Å². The first-order valence-electron chi connectivity index (χ1n) is 3.22. The summed E-state index contributed by atoms with van der Waals surface area (Å²) in [5, 5.41) is 0. The Labute approximate surface area is 60.2 Å². The van der Waals surface area contributed by atoms with Crippen LogP contribution in [-0.4, -0.2) is 9.55 Å². The molecule has 10 heavy (non-hydrogen) atoms. The van der Waals surface area contributed by atoms with Crippen molar-refractivity contribution in [2.24, 2.45) is 0 Å². The number of hydrogen-bond donors (Lipinski definition) is 1. The Morgan fingerprint density at radius 1 is 1.80 bits per heavy atom. The largest absolute Gasteiger partial charge is 0.369 e. The van der Waals surface area contributed by atoms with Crippen molar-refractivity contribution in [1.82, 2.24) is 9.55 Å². The van der Waals surface area contributed by atoms with Crippen molar-refractivity contribution in [3.8, 4) is 0 Å². The molecular formula is C7H11N3. The third-order valence-corrected chi connectivity index (χ3v) is 1.32. The van der Waals surface area contributed by atoms with Crippen LogP contribution in [0.4, 0.5) is 5.95 Å². The highest BCUT2D eigenvalue weighted by atomic mass is 15.1. The van der Waals surface area contributed by atoms with Crippen LogP contribution in [0, 0.1) is 0 Å². The molecule has 0 aliphatic heterocycles. The van der Waals surface area contributed by atoms with Crippen molar-refractivity contribution in [1.29, 1.82) is 0 Å². The molecule has 0 amide bonds. The van der Waals surface area contributed by atoms with E-state index in [4.69, 9.17) is 5.73 Å². The first-order chi connectivity index (χ1) is 4.84. The number of anilines is 1. The van der Waals surface area contributed by atoms with Crippen molar-refractivity contribution in [2.45, 2.75) is 13.0 Å². The molecule has 2 N–H and O–H groups in total. The van der Waals surface area contributed by atoms with Crippen molar-refractivity contribution < 1.29 is 0 Å². The number of allylic oxidation sites excluding steroid dienone is 1. The van der Waals surface area contributed by atoms with Gasteiger partial charge in [0.05, 0.1) is 0 Å². The number of aromatic nitrogens is 2. The number of imidazole rings is 1. The zero-order valence-electron chi connectivity index (χ0n) is 5.83. The van der Waals surface area contributed by atoms with Gasteiger partial charge in [0.1, 0.15) is 0 Å². The van der Waals surface area contributed by atoms with Crippen LogP contribution in [0.5, 0.6) is 0 Å². The highest BCUT2D eigenvalue weighted by molar-refractivity contribution is 5.16. The summed E-state index contributed by atoms with van der Waals surface area (Å²) in [7, 11) is 0. The lowest BCUT2D eigenvalue weighted by atomic mass is 10.4. The number of rotatable bonds is 3. The molecule has 1 heterocycles. The topological polar surface area (TPSA) is 43.8 Å². The Morgan fingerprint density at radius 3 is 3.10 bits per heavy atom. The average Bonchev–Trinajstić information content (AvgIpc) is 2.31. The number of nitrogens with two attached hydrogens (primary N) is 1. The second-order valence-electron chi connectivity index (χ2n) is 2.06. The fraction of sp³-hybridized carbons (Fsp3) is 0.286. The Hall–Kier alpha value is -1.25. The van der Waals surface area contributed by atoms with Gasteiger partial charge in [0, 0.05) is 18.9 Å². The third-order valence-electron chi connectivity index (χ3n) is 1.32. The molecule has 3 nitrogen and oxygen atoms in total. The van der Waals surface area contributed by atoms with E-state index in [1.165, 1.54) is 0 Å². The molecule has 54 valence electrons. The van der Waals surface area contributed by atoms with E-state index < -0.39 is 0 Å². The lowest BCUT2D eigenvalue weighted by Gasteiger charge is -1.99. The van der Waals surface area contributed by atoms with E-state index in [1.54, 1.807) is 6.20 Å². The van der Waals surface area contributed by atoms with Crippen molar-refractivity contribution in [3.05, 3.63) is 25.0 Å². The molecule has 0 saturated heterocycles. The van der Waals surface area contributed by atoms with E-state index in [2.05, 4.69) is 11.6 Å². The fourth-order valence-electron chi connectivity index (χ4n) is 0.760. The number of nitrogen functional groups attached to an aromatic ring is 1. The van der Waals surface area contributed by atoms with Crippen LogP contribution < -0.4 is 5.73 Å². The zero-order valence-corrected chi connectivity index (χ0v) is 5.83. The summed E-state index contributed by atoms with van der Waals surface area (Å²) in [6, 6.07) is 0. The van der Waals surface area contributed by atoms with Gasteiger partial charge in [-0.05, 0) is 6.42 Å². The molecule has 1 rings (SSSR count). The molecule has 0 aromatic carbocycles. The van der Waals surface area contributed by atoms with Gasteiger partial charge in [0.15, 0.2) is 5.95 Å². The monoisotopic (exact) mass is 137 g/mol. The molecule has 1 aromatic heterocycles. The molecular weight excluding hydrogens is 126 g/mol. The summed E-state index contributed by atoms with van der Waals surface area (Å²) in [5.41, 5.74) is 5.50. The first-order valence-corrected chi connectivity index (χ1v) is 3.22. The summed E-state index contributed by atoms with van der Waals surface area (Å²) in [5.74, 6) is 0.571. The van der Waals surface area contributed by atoms with Crippen LogP contribution in [-0.2, 0) is 6.54 Å². The minimum atomic E-state index is 0.571. The maximum absolute atomic E-state index is 5.50. The zero-order chi connectivity index (χ0) is 7.40. The SMILES string of the molecule is C=CCCn1ccnc1N. The van der Waals surface area contributed by atoms with Gasteiger partial charge in [0.25, 0.3) is 0 Å². The van der Waals surface area contributed by atoms with Gasteiger partial charge >= 0.3 is 0 Å². The predicted molar refractivity (Wildman–Crippen MR) is 41.5 cm³/mol. The quantitative estimate of drug-likeness (QED) is 0.632. The van der Waals surface area contributed by atoms with Gasteiger partial charge in [-0.3, -0.25) is 0 Å². The third kappa shape index (κ3) is 1.37. The highest BCUT2D eigenvalue weighted by Gasteiger charge is 1.93. The van der Waals surface area contributed by atoms with Crippen LogP contribution in [0.25, 0.3) is 0 Å². The minimum Gasteiger partial charge on any atom is -0.369 e. The number of nitrogens with zero attached hydrogens (tertiary/aromatic N) is 2. The maximum atomic E-state index is 5.50. The Morgan fingerprint density at radius 2 is 2.60 bits per heavy atom. The van der Waals surface area contributed by atoms with Crippen molar-refractivity contribution in [2.75, 3.05) is 5.73 Å². The van der Waals surface area contributed by atoms with Crippen LogP contribution in [0.2, 0.25) is 0 Å². The summed E-state index contributed by atoms with van der Waals surface area (Å²) >= 11 is 0. The molecule has 0 unspecified atom stereocenters. The Balaban J connectivity index is 2.56. The van der Waals surface area contributed by atoms with E-state index in [0.29, 0.717) is 5.95 Å². The van der Waals surface area contributed by atoms with Gasteiger partial charge < -0.3 is 10.3 Å². The summed E-state index contributed by atoms with van der Waals surface area (Å²) < 4.78 is 1.89. The maximum Gasteiger partial charge on any atom is 0.200 e. The Kier molecular flexibility index (Phi) is 2.10. The molecule has 0 bridgehead atoms. The summed E-state index contributed by atoms with van der Waals surface area (Å²) in [6.07, 6.45) is 6.34. The predicted octanol–water partition coefficient (Wildman–Crippen LogP) is 1.04. The molecule has 0 radical (unpaired) electrons. The molecule has 0 aliphatic rings. The first kappa shape index (κ1) is 6.86. The molecule has 0 atom stereocenters. The van der Waals surface area contributed by atoms with E-state index in [-0.39, 0.29) is 0 Å². The second-order valence-corrected chi connectivity index (χ2v) is 2.06. The van der Waals surface area contributed by atoms with E-state index in [0.717, 1.165) is 13.0 Å². The molecule has 0 fully saturated rings. The van der Waals surface area contributed by atoms with Gasteiger partial charge in [-0.1, -0.05) is 6.08 Å². The van der Waals surface area contributed by atoms with Crippen LogP contribution in [0.3, 0.4) is 0 Å². The van der Waals surface area contributed by atoms with Crippen LogP contribution in [0.1, 0.15) is 6.42 Å². The lowest BCUT2D eigenvalue weighted by molar-refractivity contribution is 0.720. The van der Waals surface area contributed by atoms with Gasteiger partial charge in [-0.25, -0.2) is 4.98 Å². The normalized spacial score (nSPS) is 9.60. The highest BCUT2D eigenvalue weighted by Crippen LogP contribution is 1.99. The van der Waals surface area contributed by atoms with Gasteiger partial charge in [0.2, 0.25) is 0 Å². The molecule has 0 aliphatic carbocycles. The van der Waals surface area contributed by atoms with E-state index >= 15 is 0 Å².